The van der Waals surface area contributed by atoms with E-state index in [1.54, 1.807) is 7.11 Å². The number of nitrogens with one attached hydrogen (secondary N) is 1. The van der Waals surface area contributed by atoms with Crippen LogP contribution in [0.25, 0.3) is 0 Å². The number of benzene rings is 1. The molecule has 1 aromatic carbocycles. The molecule has 0 saturated heterocycles. The Labute approximate surface area is 128 Å². The molecule has 118 valence electrons. The monoisotopic (exact) mass is 292 g/mol. The summed E-state index contributed by atoms with van der Waals surface area (Å²) in [5.41, 5.74) is 1.05. The highest BCUT2D eigenvalue weighted by molar-refractivity contribution is 5.78. The van der Waals surface area contributed by atoms with Gasteiger partial charge in [-0.3, -0.25) is 9.69 Å². The molecule has 4 heteroatoms. The second kappa shape index (κ2) is 8.80. The van der Waals surface area contributed by atoms with Crippen molar-refractivity contribution in [3.8, 4) is 0 Å². The quantitative estimate of drug-likeness (QED) is 0.760. The average Bonchev–Trinajstić information content (AvgIpc) is 2.45. The molecule has 1 amide bonds. The molecular formula is C17H28N2O2. The molecule has 0 aliphatic heterocycles. The minimum absolute atomic E-state index is 0.0638. The van der Waals surface area contributed by atoms with Gasteiger partial charge in [0.05, 0.1) is 13.2 Å². The van der Waals surface area contributed by atoms with Crippen molar-refractivity contribution in [2.24, 2.45) is 0 Å². The van der Waals surface area contributed by atoms with Crippen LogP contribution in [-0.4, -0.2) is 43.2 Å². The van der Waals surface area contributed by atoms with Crippen LogP contribution >= 0.6 is 0 Å². The van der Waals surface area contributed by atoms with E-state index in [1.807, 2.05) is 32.0 Å². The standard InChI is InChI=1S/C17H28N2O2/c1-5-17(2,3)18-16(20)14-19(11-12-21-4)13-15-9-7-6-8-10-15/h6-10H,5,11-14H2,1-4H3,(H,18,20). The topological polar surface area (TPSA) is 41.6 Å². The Morgan fingerprint density at radius 1 is 1.29 bits per heavy atom. The van der Waals surface area contributed by atoms with Crippen molar-refractivity contribution in [2.75, 3.05) is 26.8 Å². The van der Waals surface area contributed by atoms with Gasteiger partial charge in [-0.25, -0.2) is 0 Å². The molecule has 0 aliphatic carbocycles. The first-order valence-electron chi connectivity index (χ1n) is 7.53. The smallest absolute Gasteiger partial charge is 0.234 e. The molecule has 0 saturated carbocycles. The van der Waals surface area contributed by atoms with E-state index in [-0.39, 0.29) is 11.4 Å². The van der Waals surface area contributed by atoms with E-state index in [0.717, 1.165) is 19.5 Å². The number of methoxy groups -OCH3 is 1. The maximum Gasteiger partial charge on any atom is 0.234 e. The Morgan fingerprint density at radius 3 is 2.52 bits per heavy atom. The maximum atomic E-state index is 12.2. The lowest BCUT2D eigenvalue weighted by molar-refractivity contribution is -0.124. The molecule has 0 bridgehead atoms. The molecular weight excluding hydrogens is 264 g/mol. The van der Waals surface area contributed by atoms with Crippen LogP contribution < -0.4 is 5.32 Å². The van der Waals surface area contributed by atoms with Crippen molar-refractivity contribution in [1.29, 1.82) is 0 Å². The third-order valence-corrected chi connectivity index (χ3v) is 3.59. The van der Waals surface area contributed by atoms with Crippen molar-refractivity contribution in [3.05, 3.63) is 35.9 Å². The highest BCUT2D eigenvalue weighted by atomic mass is 16.5. The second-order valence-electron chi connectivity index (χ2n) is 5.97. The lowest BCUT2D eigenvalue weighted by atomic mass is 10.0. The van der Waals surface area contributed by atoms with Gasteiger partial charge in [0.1, 0.15) is 0 Å². The van der Waals surface area contributed by atoms with E-state index in [2.05, 4.69) is 29.3 Å². The molecule has 0 fully saturated rings. The number of rotatable bonds is 9. The molecule has 0 radical (unpaired) electrons. The first kappa shape index (κ1) is 17.7. The number of carbonyl (C=O) groups is 1. The second-order valence-corrected chi connectivity index (χ2v) is 5.97. The van der Waals surface area contributed by atoms with Crippen molar-refractivity contribution in [2.45, 2.75) is 39.3 Å². The first-order chi connectivity index (χ1) is 9.96. The maximum absolute atomic E-state index is 12.2. The number of carbonyl (C=O) groups excluding carboxylic acids is 1. The van der Waals surface area contributed by atoms with Gasteiger partial charge >= 0.3 is 0 Å². The fraction of sp³-hybridized carbons (Fsp3) is 0.588. The summed E-state index contributed by atoms with van der Waals surface area (Å²) in [6.07, 6.45) is 0.912. The van der Waals surface area contributed by atoms with E-state index in [0.29, 0.717) is 13.2 Å². The highest BCUT2D eigenvalue weighted by Crippen LogP contribution is 2.08. The van der Waals surface area contributed by atoms with Crippen LogP contribution in [0, 0.1) is 0 Å². The Hall–Kier alpha value is -1.39. The van der Waals surface area contributed by atoms with Crippen molar-refractivity contribution in [3.63, 3.8) is 0 Å². The highest BCUT2D eigenvalue weighted by Gasteiger charge is 2.19. The van der Waals surface area contributed by atoms with Crippen LogP contribution in [-0.2, 0) is 16.1 Å². The fourth-order valence-corrected chi connectivity index (χ4v) is 1.98. The predicted molar refractivity (Wildman–Crippen MR) is 86.1 cm³/mol. The van der Waals surface area contributed by atoms with Crippen LogP contribution in [0.1, 0.15) is 32.8 Å². The summed E-state index contributed by atoms with van der Waals surface area (Å²) < 4.78 is 5.14. The lowest BCUT2D eigenvalue weighted by Crippen LogP contribution is -2.47. The van der Waals surface area contributed by atoms with Crippen LogP contribution in [0.5, 0.6) is 0 Å². The molecule has 4 nitrogen and oxygen atoms in total. The molecule has 1 N–H and O–H groups in total. The Morgan fingerprint density at radius 2 is 1.95 bits per heavy atom. The SMILES string of the molecule is CCC(C)(C)NC(=O)CN(CCOC)Cc1ccccc1. The zero-order chi connectivity index (χ0) is 15.7. The molecule has 0 heterocycles. The number of nitrogens with zero attached hydrogens (tertiary/aromatic N) is 1. The van der Waals surface area contributed by atoms with Crippen LogP contribution in [0.15, 0.2) is 30.3 Å². The van der Waals surface area contributed by atoms with Gasteiger partial charge in [-0.15, -0.1) is 0 Å². The molecule has 0 spiro atoms. The van der Waals surface area contributed by atoms with E-state index in [4.69, 9.17) is 4.74 Å². The van der Waals surface area contributed by atoms with Crippen molar-refractivity contribution < 1.29 is 9.53 Å². The number of hydrogen-bond acceptors (Lipinski definition) is 3. The third kappa shape index (κ3) is 7.25. The summed E-state index contributed by atoms with van der Waals surface area (Å²) in [6, 6.07) is 10.2. The van der Waals surface area contributed by atoms with Gasteiger partial charge < -0.3 is 10.1 Å². The summed E-state index contributed by atoms with van der Waals surface area (Å²) in [7, 11) is 1.68. The number of hydrogen-bond donors (Lipinski definition) is 1. The number of ether oxygens (including phenoxy) is 1. The fourth-order valence-electron chi connectivity index (χ4n) is 1.98. The van der Waals surface area contributed by atoms with Gasteiger partial charge in [0.25, 0.3) is 0 Å². The van der Waals surface area contributed by atoms with Gasteiger partial charge in [0, 0.05) is 25.7 Å². The van der Waals surface area contributed by atoms with E-state index >= 15 is 0 Å². The number of amides is 1. The van der Waals surface area contributed by atoms with Crippen LogP contribution in [0.2, 0.25) is 0 Å². The minimum atomic E-state index is -0.156. The Balaban J connectivity index is 2.59. The normalized spacial score (nSPS) is 11.7. The predicted octanol–water partition coefficient (Wildman–Crippen LogP) is 2.44. The molecule has 1 rings (SSSR count). The Kier molecular flexibility index (Phi) is 7.40. The van der Waals surface area contributed by atoms with Crippen molar-refractivity contribution >= 4 is 5.91 Å². The summed E-state index contributed by atoms with van der Waals surface area (Å²) in [5.74, 6) is 0.0638. The van der Waals surface area contributed by atoms with E-state index in [1.165, 1.54) is 5.56 Å². The van der Waals surface area contributed by atoms with Gasteiger partial charge in [-0.05, 0) is 25.8 Å². The molecule has 1 aromatic rings. The van der Waals surface area contributed by atoms with E-state index in [9.17, 15) is 4.79 Å². The minimum Gasteiger partial charge on any atom is -0.383 e. The van der Waals surface area contributed by atoms with Crippen molar-refractivity contribution in [1.82, 2.24) is 10.2 Å². The average molecular weight is 292 g/mol. The van der Waals surface area contributed by atoms with Gasteiger partial charge in [0.15, 0.2) is 0 Å². The first-order valence-corrected chi connectivity index (χ1v) is 7.53. The van der Waals surface area contributed by atoms with Gasteiger partial charge in [-0.2, -0.15) is 0 Å². The largest absolute Gasteiger partial charge is 0.383 e. The Bertz CT molecular complexity index is 418. The molecule has 0 atom stereocenters. The van der Waals surface area contributed by atoms with Crippen LogP contribution in [0.3, 0.4) is 0 Å². The van der Waals surface area contributed by atoms with Gasteiger partial charge in [-0.1, -0.05) is 37.3 Å². The summed E-state index contributed by atoms with van der Waals surface area (Å²) >= 11 is 0. The lowest BCUT2D eigenvalue weighted by Gasteiger charge is -2.27. The zero-order valence-corrected chi connectivity index (χ0v) is 13.7. The molecule has 21 heavy (non-hydrogen) atoms. The van der Waals surface area contributed by atoms with Crippen LogP contribution in [0.4, 0.5) is 0 Å². The zero-order valence-electron chi connectivity index (χ0n) is 13.7. The molecule has 0 aliphatic rings. The van der Waals surface area contributed by atoms with E-state index < -0.39 is 0 Å². The summed E-state index contributed by atoms with van der Waals surface area (Å²) in [6.45, 7) is 8.67. The summed E-state index contributed by atoms with van der Waals surface area (Å²) in [4.78, 5) is 14.3. The third-order valence-electron chi connectivity index (χ3n) is 3.59. The molecule has 0 aromatic heterocycles. The van der Waals surface area contributed by atoms with Gasteiger partial charge in [0.2, 0.25) is 5.91 Å². The molecule has 0 unspecified atom stereocenters. The summed E-state index contributed by atoms with van der Waals surface area (Å²) in [5, 5.41) is 3.08.